The number of aromatic nitrogens is 1. The van der Waals surface area contributed by atoms with Gasteiger partial charge in [-0.15, -0.1) is 24.8 Å². The molecule has 5 nitrogen and oxygen atoms in total. The second kappa shape index (κ2) is 10.8. The van der Waals surface area contributed by atoms with Gasteiger partial charge in [0.25, 0.3) is 0 Å². The summed E-state index contributed by atoms with van der Waals surface area (Å²) >= 11 is 0. The van der Waals surface area contributed by atoms with Crippen LogP contribution in [0.15, 0.2) is 24.4 Å². The average molecular weight is 337 g/mol. The monoisotopic (exact) mass is 336 g/mol. The van der Waals surface area contributed by atoms with E-state index in [1.165, 1.54) is 0 Å². The van der Waals surface area contributed by atoms with Crippen molar-refractivity contribution in [2.45, 2.75) is 31.2 Å². The van der Waals surface area contributed by atoms with Crippen LogP contribution in [0.3, 0.4) is 0 Å². The van der Waals surface area contributed by atoms with Gasteiger partial charge in [-0.05, 0) is 52.0 Å². The van der Waals surface area contributed by atoms with Crippen molar-refractivity contribution in [1.82, 2.24) is 9.88 Å². The SMILES string of the molecule is CN(C)CCCCC(N)(Cc1ccccn1)C(N)=O.Cl.Cl. The molecular weight excluding hydrogens is 311 g/mol. The number of hydrogen-bond donors (Lipinski definition) is 2. The van der Waals surface area contributed by atoms with Gasteiger partial charge >= 0.3 is 0 Å². The Bertz CT molecular complexity index is 403. The van der Waals surface area contributed by atoms with Crippen LogP contribution in [0.5, 0.6) is 0 Å². The lowest BCUT2D eigenvalue weighted by molar-refractivity contribution is -0.123. The van der Waals surface area contributed by atoms with E-state index in [2.05, 4.69) is 9.88 Å². The van der Waals surface area contributed by atoms with Crippen LogP contribution < -0.4 is 11.5 Å². The Morgan fingerprint density at radius 1 is 1.29 bits per heavy atom. The molecule has 0 spiro atoms. The molecule has 4 N–H and O–H groups in total. The van der Waals surface area contributed by atoms with Gasteiger partial charge < -0.3 is 16.4 Å². The fourth-order valence-electron chi connectivity index (χ4n) is 1.99. The molecule has 0 aliphatic rings. The third-order valence-electron chi connectivity index (χ3n) is 3.19. The molecule has 0 radical (unpaired) electrons. The number of pyridine rings is 1. The Kier molecular flexibility index (Phi) is 11.5. The van der Waals surface area contributed by atoms with E-state index in [1.54, 1.807) is 6.20 Å². The molecule has 122 valence electrons. The van der Waals surface area contributed by atoms with Gasteiger partial charge in [-0.25, -0.2) is 0 Å². The lowest BCUT2D eigenvalue weighted by atomic mass is 9.87. The highest BCUT2D eigenvalue weighted by Crippen LogP contribution is 2.16. The summed E-state index contributed by atoms with van der Waals surface area (Å²) in [7, 11) is 4.05. The number of halogens is 2. The van der Waals surface area contributed by atoms with Crippen molar-refractivity contribution in [3.63, 3.8) is 0 Å². The molecule has 1 rings (SSSR count). The van der Waals surface area contributed by atoms with Gasteiger partial charge in [0, 0.05) is 18.3 Å². The van der Waals surface area contributed by atoms with E-state index in [0.29, 0.717) is 12.8 Å². The Hall–Kier alpha value is -0.880. The molecule has 21 heavy (non-hydrogen) atoms. The molecule has 1 unspecified atom stereocenters. The van der Waals surface area contributed by atoms with Crippen molar-refractivity contribution in [1.29, 1.82) is 0 Å². The maximum atomic E-state index is 11.6. The van der Waals surface area contributed by atoms with Gasteiger partial charge in [-0.3, -0.25) is 9.78 Å². The van der Waals surface area contributed by atoms with Crippen molar-refractivity contribution in [3.05, 3.63) is 30.1 Å². The maximum absolute atomic E-state index is 11.6. The summed E-state index contributed by atoms with van der Waals surface area (Å²) in [6, 6.07) is 5.59. The molecule has 0 aliphatic heterocycles. The van der Waals surface area contributed by atoms with Crippen LogP contribution in [0.4, 0.5) is 0 Å². The number of unbranched alkanes of at least 4 members (excludes halogenated alkanes) is 1. The molecule has 7 heteroatoms. The fourth-order valence-corrected chi connectivity index (χ4v) is 1.99. The molecule has 1 aromatic heterocycles. The minimum Gasteiger partial charge on any atom is -0.368 e. The second-order valence-electron chi connectivity index (χ2n) is 5.28. The van der Waals surface area contributed by atoms with Crippen LogP contribution in [-0.2, 0) is 11.2 Å². The van der Waals surface area contributed by atoms with Crippen LogP contribution in [0.25, 0.3) is 0 Å². The molecule has 0 fully saturated rings. The Morgan fingerprint density at radius 3 is 2.43 bits per heavy atom. The van der Waals surface area contributed by atoms with Gasteiger partial charge in [-0.1, -0.05) is 6.07 Å². The van der Waals surface area contributed by atoms with E-state index in [-0.39, 0.29) is 24.8 Å². The summed E-state index contributed by atoms with van der Waals surface area (Å²) in [6.45, 7) is 0.985. The van der Waals surface area contributed by atoms with Crippen LogP contribution in [0.1, 0.15) is 25.0 Å². The predicted molar refractivity (Wildman–Crippen MR) is 91.0 cm³/mol. The van der Waals surface area contributed by atoms with E-state index < -0.39 is 11.4 Å². The molecule has 0 aromatic carbocycles. The smallest absolute Gasteiger partial charge is 0.237 e. The highest BCUT2D eigenvalue weighted by molar-refractivity contribution is 5.85. The first-order valence-corrected chi connectivity index (χ1v) is 6.57. The summed E-state index contributed by atoms with van der Waals surface area (Å²) in [6.07, 6.45) is 4.56. The first-order valence-electron chi connectivity index (χ1n) is 6.57. The fraction of sp³-hybridized carbons (Fsp3) is 0.571. The largest absolute Gasteiger partial charge is 0.368 e. The number of amides is 1. The standard InChI is InChI=1S/C14H24N4O.2ClH/c1-18(2)10-6-4-8-14(16,13(15)19)11-12-7-3-5-9-17-12;;/h3,5,7,9H,4,6,8,10-11,16H2,1-2H3,(H2,15,19);2*1H. The minimum atomic E-state index is -0.999. The zero-order valence-corrected chi connectivity index (χ0v) is 14.3. The van der Waals surface area contributed by atoms with Crippen molar-refractivity contribution in [3.8, 4) is 0 Å². The van der Waals surface area contributed by atoms with Gasteiger partial charge in [0.1, 0.15) is 5.54 Å². The van der Waals surface area contributed by atoms with E-state index in [4.69, 9.17) is 11.5 Å². The van der Waals surface area contributed by atoms with Crippen molar-refractivity contribution in [2.24, 2.45) is 11.5 Å². The molecule has 0 saturated carbocycles. The third kappa shape index (κ3) is 8.21. The topological polar surface area (TPSA) is 85.2 Å². The summed E-state index contributed by atoms with van der Waals surface area (Å²) in [5, 5.41) is 0. The zero-order chi connectivity index (χ0) is 14.3. The quantitative estimate of drug-likeness (QED) is 0.702. The molecule has 1 aromatic rings. The molecule has 1 amide bonds. The highest BCUT2D eigenvalue weighted by Gasteiger charge is 2.31. The zero-order valence-electron chi connectivity index (χ0n) is 12.6. The van der Waals surface area contributed by atoms with Crippen LogP contribution in [-0.4, -0.2) is 42.0 Å². The summed E-state index contributed by atoms with van der Waals surface area (Å²) in [4.78, 5) is 17.9. The number of rotatable bonds is 8. The second-order valence-corrected chi connectivity index (χ2v) is 5.28. The average Bonchev–Trinajstić information content (AvgIpc) is 2.35. The van der Waals surface area contributed by atoms with Gasteiger partial charge in [0.15, 0.2) is 0 Å². The van der Waals surface area contributed by atoms with E-state index >= 15 is 0 Å². The number of primary amides is 1. The van der Waals surface area contributed by atoms with Gasteiger partial charge in [0.05, 0.1) is 0 Å². The van der Waals surface area contributed by atoms with E-state index in [0.717, 1.165) is 25.1 Å². The summed E-state index contributed by atoms with van der Waals surface area (Å²) in [5.41, 5.74) is 11.4. The van der Waals surface area contributed by atoms with Crippen molar-refractivity contribution in [2.75, 3.05) is 20.6 Å². The van der Waals surface area contributed by atoms with E-state index in [9.17, 15) is 4.79 Å². The normalized spacial score (nSPS) is 13.0. The maximum Gasteiger partial charge on any atom is 0.237 e. The lowest BCUT2D eigenvalue weighted by Crippen LogP contribution is -2.53. The minimum absolute atomic E-state index is 0. The lowest BCUT2D eigenvalue weighted by Gasteiger charge is -2.25. The molecule has 1 heterocycles. The molecular formula is C14H26Cl2N4O. The number of nitrogens with zero attached hydrogens (tertiary/aromatic N) is 2. The van der Waals surface area contributed by atoms with Gasteiger partial charge in [0.2, 0.25) is 5.91 Å². The van der Waals surface area contributed by atoms with Crippen LogP contribution in [0, 0.1) is 0 Å². The Balaban J connectivity index is 0. The first-order chi connectivity index (χ1) is 8.94. The number of hydrogen-bond acceptors (Lipinski definition) is 4. The predicted octanol–water partition coefficient (Wildman–Crippen LogP) is 1.38. The highest BCUT2D eigenvalue weighted by atomic mass is 35.5. The van der Waals surface area contributed by atoms with Crippen molar-refractivity contribution >= 4 is 30.7 Å². The van der Waals surface area contributed by atoms with Gasteiger partial charge in [-0.2, -0.15) is 0 Å². The molecule has 0 bridgehead atoms. The molecule has 1 atom stereocenters. The molecule has 0 saturated heterocycles. The number of carbonyl (C=O) groups is 1. The first kappa shape index (κ1) is 22.4. The number of carbonyl (C=O) groups excluding carboxylic acids is 1. The summed E-state index contributed by atoms with van der Waals surface area (Å²) in [5.74, 6) is -0.456. The number of nitrogens with two attached hydrogens (primary N) is 2. The summed E-state index contributed by atoms with van der Waals surface area (Å²) < 4.78 is 0. The Morgan fingerprint density at radius 2 is 1.95 bits per heavy atom. The molecule has 0 aliphatic carbocycles. The van der Waals surface area contributed by atoms with Crippen LogP contribution in [0.2, 0.25) is 0 Å². The van der Waals surface area contributed by atoms with Crippen LogP contribution >= 0.6 is 24.8 Å². The van der Waals surface area contributed by atoms with E-state index in [1.807, 2.05) is 32.3 Å². The Labute approximate surface area is 139 Å². The third-order valence-corrected chi connectivity index (χ3v) is 3.19. The van der Waals surface area contributed by atoms with Crippen molar-refractivity contribution < 1.29 is 4.79 Å².